The summed E-state index contributed by atoms with van der Waals surface area (Å²) in [5, 5.41) is 9.11. The molecule has 1 aliphatic carbocycles. The van der Waals surface area contributed by atoms with E-state index >= 15 is 8.78 Å². The number of aromatic nitrogens is 3. The fourth-order valence-electron chi connectivity index (χ4n) is 9.84. The number of hydrogen-bond acceptors (Lipinski definition) is 12. The first-order valence-electron chi connectivity index (χ1n) is 22.3. The van der Waals surface area contributed by atoms with Gasteiger partial charge in [0.05, 0.1) is 30.5 Å². The Balaban J connectivity index is 0.755. The monoisotopic (exact) mass is 915 g/mol. The van der Waals surface area contributed by atoms with Crippen molar-refractivity contribution in [3.63, 3.8) is 0 Å². The van der Waals surface area contributed by atoms with Crippen molar-refractivity contribution in [2.45, 2.75) is 108 Å². The summed E-state index contributed by atoms with van der Waals surface area (Å²) in [6.07, 6.45) is 5.53. The van der Waals surface area contributed by atoms with Gasteiger partial charge >= 0.3 is 0 Å². The van der Waals surface area contributed by atoms with E-state index in [2.05, 4.69) is 30.7 Å². The molecular formula is C46H52ClF2N9O7. The zero-order valence-corrected chi connectivity index (χ0v) is 37.3. The first-order chi connectivity index (χ1) is 31.2. The van der Waals surface area contributed by atoms with Crippen LogP contribution in [-0.2, 0) is 31.3 Å². The largest absolute Gasteiger partial charge is 0.478 e. The maximum absolute atomic E-state index is 16.5. The van der Waals surface area contributed by atoms with Gasteiger partial charge in [0.2, 0.25) is 17.8 Å². The van der Waals surface area contributed by atoms with E-state index in [1.807, 2.05) is 32.0 Å². The molecule has 1 saturated carbocycles. The molecule has 0 bridgehead atoms. The van der Waals surface area contributed by atoms with Gasteiger partial charge in [-0.15, -0.1) is 0 Å². The fourth-order valence-corrected chi connectivity index (χ4v) is 9.98. The molecule has 4 aromatic rings. The molecule has 5 aliphatic rings. The number of amides is 4. The minimum atomic E-state index is -1.88. The summed E-state index contributed by atoms with van der Waals surface area (Å²) in [4.78, 5) is 77.3. The normalized spacial score (nSPS) is 22.5. The Morgan fingerprint density at radius 3 is 2.48 bits per heavy atom. The van der Waals surface area contributed by atoms with Gasteiger partial charge in [0.15, 0.2) is 18.2 Å². The van der Waals surface area contributed by atoms with Crippen molar-refractivity contribution < 1.29 is 37.4 Å². The number of nitrogens with one attached hydrogen (secondary N) is 3. The van der Waals surface area contributed by atoms with Crippen molar-refractivity contribution in [3.05, 3.63) is 80.5 Å². The highest BCUT2D eigenvalue weighted by molar-refractivity contribution is 6.33. The number of rotatable bonds is 12. The number of likely N-dealkylation sites (N-methyl/N-ethyl adjacent to an activating group) is 1. The molecule has 0 radical (unpaired) electrons. The number of carbonyl (C=O) groups excluding carboxylic acids is 4. The minimum Gasteiger partial charge on any atom is -0.478 e. The average molecular weight is 916 g/mol. The molecule has 65 heavy (non-hydrogen) atoms. The second-order valence-corrected chi connectivity index (χ2v) is 18.3. The van der Waals surface area contributed by atoms with Crippen LogP contribution in [0.1, 0.15) is 92.7 Å². The number of carbonyl (C=O) groups is 4. The molecule has 0 spiro atoms. The van der Waals surface area contributed by atoms with E-state index in [9.17, 15) is 24.0 Å². The molecule has 9 rings (SSSR count). The van der Waals surface area contributed by atoms with Gasteiger partial charge in [-0.05, 0) is 89.1 Å². The number of pyridine rings is 1. The predicted octanol–water partition coefficient (Wildman–Crippen LogP) is 5.27. The van der Waals surface area contributed by atoms with E-state index in [-0.39, 0.29) is 97.0 Å². The van der Waals surface area contributed by atoms with Crippen molar-refractivity contribution in [1.29, 1.82) is 0 Å². The van der Waals surface area contributed by atoms with Gasteiger partial charge in [-0.2, -0.15) is 4.98 Å². The average Bonchev–Trinajstić information content (AvgIpc) is 3.61. The van der Waals surface area contributed by atoms with Crippen LogP contribution in [0.25, 0.3) is 10.9 Å². The first kappa shape index (κ1) is 44.5. The third-order valence-corrected chi connectivity index (χ3v) is 13.8. The molecule has 4 aliphatic heterocycles. The Labute approximate surface area is 379 Å². The maximum Gasteiger partial charge on any atom is 0.293 e. The number of anilines is 3. The number of alkyl halides is 1. The van der Waals surface area contributed by atoms with Gasteiger partial charge in [0, 0.05) is 79.5 Å². The number of benzene rings is 2. The van der Waals surface area contributed by atoms with Gasteiger partial charge in [-0.3, -0.25) is 34.2 Å². The number of halogens is 3. The van der Waals surface area contributed by atoms with Crippen LogP contribution in [0.3, 0.4) is 0 Å². The van der Waals surface area contributed by atoms with Crippen LogP contribution in [0.4, 0.5) is 26.2 Å². The lowest BCUT2D eigenvalue weighted by Gasteiger charge is -2.48. The molecular weight excluding hydrogens is 864 g/mol. The van der Waals surface area contributed by atoms with Crippen molar-refractivity contribution in [1.82, 2.24) is 35.0 Å². The van der Waals surface area contributed by atoms with Crippen molar-refractivity contribution in [2.24, 2.45) is 0 Å². The topological polar surface area (TPSA) is 180 Å². The zero-order chi connectivity index (χ0) is 45.7. The molecule has 1 atom stereocenters. The Morgan fingerprint density at radius 1 is 1.02 bits per heavy atom. The highest BCUT2D eigenvalue weighted by Crippen LogP contribution is 2.44. The third kappa shape index (κ3) is 8.75. The lowest BCUT2D eigenvalue weighted by molar-refractivity contribution is -0.137. The number of hydrogen-bond donors (Lipinski definition) is 3. The molecule has 3 N–H and O–H groups in total. The molecule has 3 saturated heterocycles. The van der Waals surface area contributed by atoms with E-state index < -0.39 is 35.2 Å². The van der Waals surface area contributed by atoms with Crippen LogP contribution < -0.4 is 31.1 Å². The summed E-state index contributed by atoms with van der Waals surface area (Å²) in [5.41, 5.74) is -0.619. The van der Waals surface area contributed by atoms with Crippen LogP contribution in [0.5, 0.6) is 5.75 Å². The van der Waals surface area contributed by atoms with E-state index in [4.69, 9.17) is 26.1 Å². The number of likely N-dealkylation sites (tertiary alicyclic amines) is 1. The smallest absolute Gasteiger partial charge is 0.293 e. The van der Waals surface area contributed by atoms with E-state index in [1.54, 1.807) is 16.8 Å². The lowest BCUT2D eigenvalue weighted by Crippen LogP contribution is -2.53. The Bertz CT molecular complexity index is 2610. The number of piperidine rings is 3. The Kier molecular flexibility index (Phi) is 12.3. The minimum absolute atomic E-state index is 0.0431. The fraction of sp³-hybridized carbons (Fsp3) is 0.500. The number of fused-ring (bicyclic) bond motifs is 2. The van der Waals surface area contributed by atoms with Crippen LogP contribution in [-0.4, -0.2) is 112 Å². The second-order valence-electron chi connectivity index (χ2n) is 17.9. The highest BCUT2D eigenvalue weighted by Gasteiger charge is 2.46. The molecule has 344 valence electrons. The van der Waals surface area contributed by atoms with Gasteiger partial charge < -0.3 is 34.5 Å². The van der Waals surface area contributed by atoms with Gasteiger partial charge in [-0.1, -0.05) is 17.7 Å². The Morgan fingerprint density at radius 2 is 1.77 bits per heavy atom. The zero-order valence-electron chi connectivity index (χ0n) is 36.5. The molecule has 6 heterocycles. The SMILES string of the molecule is CNC(=O)COc1cc2cc(Nc3nc(N4CCC(O[C@H]5C[C@H](N6CCC(F)(c7ccc8c(c7F)CN(C7CCC(=O)NC7=O)C8=O)CC6)C5)CC4)ncc3Cl)ccc2n(C(C)C)c1=O. The number of imide groups is 1. The van der Waals surface area contributed by atoms with E-state index in [0.717, 1.165) is 31.1 Å². The second kappa shape index (κ2) is 17.9. The highest BCUT2D eigenvalue weighted by atomic mass is 35.5. The summed E-state index contributed by atoms with van der Waals surface area (Å²) in [7, 11) is 1.50. The third-order valence-electron chi connectivity index (χ3n) is 13.6. The van der Waals surface area contributed by atoms with E-state index in [1.165, 1.54) is 24.1 Å². The molecule has 2 aromatic heterocycles. The molecule has 1 unspecified atom stereocenters. The van der Waals surface area contributed by atoms with Gasteiger partial charge in [0.1, 0.15) is 22.6 Å². The Hall–Kier alpha value is -5.72. The summed E-state index contributed by atoms with van der Waals surface area (Å²) >= 11 is 6.58. The van der Waals surface area contributed by atoms with Crippen molar-refractivity contribution in [3.8, 4) is 5.75 Å². The lowest BCUT2D eigenvalue weighted by atomic mass is 9.81. The molecule has 16 nitrogen and oxygen atoms in total. The molecule has 2 aromatic carbocycles. The number of ether oxygens (including phenoxy) is 2. The standard InChI is InChI=1S/C46H52ClF2N9O7/c1-25(2)58-35-7-4-27(18-26(35)19-37(44(58)63)64-24-39(60)50-3)52-41-34(47)22-51-45(54-41)56-14-10-29(11-15-56)65-30-20-28(21-30)55-16-12-46(49,13-17-55)33-6-5-31-32(40(33)48)23-57(43(31)62)36-8-9-38(59)53-42(36)61/h4-7,18-19,22,25,28-30,36H,8-17,20-21,23-24H2,1-3H3,(H,50,60)(H,51,52,54)(H,53,59,61)/t28-,30-,36?. The maximum atomic E-state index is 16.5. The van der Waals surface area contributed by atoms with Crippen LogP contribution in [0.15, 0.2) is 47.4 Å². The molecule has 4 fully saturated rings. The van der Waals surface area contributed by atoms with Crippen molar-refractivity contribution in [2.75, 3.05) is 50.1 Å². The summed E-state index contributed by atoms with van der Waals surface area (Å²) < 4.78 is 46.3. The summed E-state index contributed by atoms with van der Waals surface area (Å²) in [5.74, 6) is -1.51. The van der Waals surface area contributed by atoms with E-state index in [0.29, 0.717) is 54.2 Å². The van der Waals surface area contributed by atoms with Crippen molar-refractivity contribution >= 4 is 63.6 Å². The molecule has 19 heteroatoms. The van der Waals surface area contributed by atoms with Gasteiger partial charge in [-0.25, -0.2) is 13.8 Å². The van der Waals surface area contributed by atoms with Gasteiger partial charge in [0.25, 0.3) is 17.4 Å². The predicted molar refractivity (Wildman–Crippen MR) is 238 cm³/mol. The summed E-state index contributed by atoms with van der Waals surface area (Å²) in [6.45, 7) is 5.72. The van der Waals surface area contributed by atoms with Crippen LogP contribution in [0.2, 0.25) is 5.02 Å². The quantitative estimate of drug-likeness (QED) is 0.157. The van der Waals surface area contributed by atoms with Crippen LogP contribution >= 0.6 is 11.6 Å². The number of nitrogens with zero attached hydrogens (tertiary/aromatic N) is 6. The van der Waals surface area contributed by atoms with Crippen LogP contribution in [0, 0.1) is 5.82 Å². The molecule has 4 amide bonds. The first-order valence-corrected chi connectivity index (χ1v) is 22.7. The summed E-state index contributed by atoms with van der Waals surface area (Å²) in [6, 6.07) is 9.28.